The number of amides is 7. The van der Waals surface area contributed by atoms with E-state index in [0.29, 0.717) is 90.5 Å². The SMILES string of the molecule is Cc1c(-c2ccc(N3CCc4cccc(C(=O)Nc5nc6ccccc6s5)c4C3)nc2C(=O)O)cnn1CC12CC3(C)CC(C)(C1)CC(OCCN(CCS(=O)(=O)O)C(=O)OCc1ccc(CC(=O)[C@H](CCCNC(N)=O)NC(=O)[C@@H](CC(=O)[C@H](CCC(=O)O)CC(=O)CCCCCN4C(=O)C=CC4=O)C(C)C)cc1)(C3)C2. The fourth-order valence-corrected chi connectivity index (χ4v) is 19.5. The van der Waals surface area contributed by atoms with Crippen molar-refractivity contribution in [1.82, 2.24) is 40.2 Å². The summed E-state index contributed by atoms with van der Waals surface area (Å²) in [6.45, 7) is 10.9. The number of carbonyl (C=O) groups is 11. The van der Waals surface area contributed by atoms with E-state index < -0.39 is 112 Å². The number of carboxylic acids is 2. The number of urea groups is 1. The summed E-state index contributed by atoms with van der Waals surface area (Å²) < 4.78 is 49.9. The molecule has 4 fully saturated rings. The number of carboxylic acid groups (broad SMARTS) is 2. The van der Waals surface area contributed by atoms with E-state index >= 15 is 0 Å². The van der Waals surface area contributed by atoms with Crippen LogP contribution in [0.1, 0.15) is 179 Å². The van der Waals surface area contributed by atoms with Crippen LogP contribution in [0.3, 0.4) is 0 Å². The summed E-state index contributed by atoms with van der Waals surface area (Å²) in [6.07, 6.45) is 9.16. The fourth-order valence-electron chi connectivity index (χ4n) is 18.2. The van der Waals surface area contributed by atoms with Gasteiger partial charge in [0.2, 0.25) is 5.91 Å². The van der Waals surface area contributed by atoms with Crippen LogP contribution in [0.15, 0.2) is 97.2 Å². The molecule has 112 heavy (non-hydrogen) atoms. The molecule has 8 N–H and O–H groups in total. The number of nitrogens with two attached hydrogens (primary N) is 1. The Morgan fingerprint density at radius 2 is 1.50 bits per heavy atom. The first kappa shape index (κ1) is 82.8. The van der Waals surface area contributed by atoms with Gasteiger partial charge in [0.25, 0.3) is 27.8 Å². The van der Waals surface area contributed by atoms with Crippen LogP contribution in [0, 0.1) is 40.9 Å². The van der Waals surface area contributed by atoms with E-state index in [9.17, 15) is 75.9 Å². The lowest BCUT2D eigenvalue weighted by atomic mass is 9.39. The predicted molar refractivity (Wildman–Crippen MR) is 415 cm³/mol. The van der Waals surface area contributed by atoms with E-state index in [1.54, 1.807) is 56.4 Å². The van der Waals surface area contributed by atoms with Gasteiger partial charge in [0.05, 0.1) is 40.4 Å². The van der Waals surface area contributed by atoms with Crippen molar-refractivity contribution < 1.29 is 85.4 Å². The molecule has 29 nitrogen and oxygen atoms in total. The third kappa shape index (κ3) is 21.0. The number of nitrogens with one attached hydrogen (secondary N) is 3. The van der Waals surface area contributed by atoms with Gasteiger partial charge in [-0.3, -0.25) is 57.8 Å². The number of hydrogen-bond donors (Lipinski definition) is 7. The van der Waals surface area contributed by atoms with Gasteiger partial charge in [-0.15, -0.1) is 0 Å². The van der Waals surface area contributed by atoms with Gasteiger partial charge in [0.1, 0.15) is 24.0 Å². The summed E-state index contributed by atoms with van der Waals surface area (Å²) in [6, 6.07) is 21.6. The summed E-state index contributed by atoms with van der Waals surface area (Å²) in [5.41, 5.74) is 9.93. The number of aromatic nitrogens is 4. The third-order valence-electron chi connectivity index (χ3n) is 22.5. The standard InChI is InChI=1S/C81H99N11O18S2/c1-50(2)59(39-64(94)55(23-28-70(98)99)38-56(93)14-7-6-10-31-91-68(96)26-27-69(91)97)73(101)85-62(17-12-30-83-75(82)104)65(95)37-52-19-21-53(22-20-52)42-109-77(105)89(34-36-112(106,107)108)33-35-110-81-46-78(4)43-79(5,47-81)45-80(44-78,48-81)49-92-51(3)60(40-84-92)57-24-25-67(87-71(57)74(102)103)90-32-29-54-13-11-15-58(61(54)41-90)72(100)88-76-86-63-16-8-9-18-66(63)111-76/h8-9,11,13,15-16,18-22,24-27,40,50,55,59,62H,6-7,10,12,14,17,23,28-39,41-49H2,1-5H3,(H,85,101)(H,98,99)(H,102,103)(H3,82,83,104)(H,86,88,100)(H,106,107,108)/t55-,59+,62+,78?,79?,80?,81?/m1/s1. The molecule has 2 unspecified atom stereocenters. The number of ketones is 3. The second kappa shape index (κ2) is 35.3. The van der Waals surface area contributed by atoms with E-state index in [0.717, 1.165) is 64.0 Å². The lowest BCUT2D eigenvalue weighted by molar-refractivity contribution is -0.248. The number of fused-ring (bicyclic) bond motifs is 2. The van der Waals surface area contributed by atoms with Gasteiger partial charge in [0, 0.05) is 124 Å². The number of carbonyl (C=O) groups excluding carboxylic acids is 9. The molecular formula is C81H99N11O18S2. The quantitative estimate of drug-likeness (QED) is 0.0107. The largest absolute Gasteiger partial charge is 0.481 e. The van der Waals surface area contributed by atoms with Crippen LogP contribution >= 0.6 is 11.3 Å². The first-order valence-electron chi connectivity index (χ1n) is 38.2. The summed E-state index contributed by atoms with van der Waals surface area (Å²) in [4.78, 5) is 157. The average Bonchev–Trinajstić information content (AvgIpc) is 0.736. The Balaban J connectivity index is 0.695. The van der Waals surface area contributed by atoms with E-state index in [-0.39, 0.29) is 111 Å². The molecule has 5 heterocycles. The topological polar surface area (TPSA) is 416 Å². The molecule has 598 valence electrons. The van der Waals surface area contributed by atoms with Crippen molar-refractivity contribution in [1.29, 1.82) is 0 Å². The van der Waals surface area contributed by atoms with Crippen LogP contribution in [-0.2, 0) is 85.7 Å². The lowest BCUT2D eigenvalue weighted by Crippen LogP contribution is -2.64. The van der Waals surface area contributed by atoms with Crippen molar-refractivity contribution in [2.24, 2.45) is 39.7 Å². The van der Waals surface area contributed by atoms with Gasteiger partial charge in [-0.1, -0.05) is 94.0 Å². The number of Topliss-reactive ketones (excluding diaryl/α,β-unsaturated/α-hetero) is 3. The second-order valence-electron chi connectivity index (χ2n) is 32.1. The monoisotopic (exact) mass is 1580 g/mol. The Labute approximate surface area is 654 Å². The first-order chi connectivity index (χ1) is 53.2. The minimum atomic E-state index is -4.54. The van der Waals surface area contributed by atoms with Gasteiger partial charge in [-0.05, 0) is 159 Å². The number of pyridine rings is 1. The van der Waals surface area contributed by atoms with Gasteiger partial charge in [-0.25, -0.2) is 24.4 Å². The van der Waals surface area contributed by atoms with E-state index in [1.807, 2.05) is 59.0 Å². The molecule has 31 heteroatoms. The van der Waals surface area contributed by atoms with Crippen molar-refractivity contribution in [2.75, 3.05) is 55.3 Å². The highest BCUT2D eigenvalue weighted by Gasteiger charge is 2.66. The first-order valence-corrected chi connectivity index (χ1v) is 40.6. The Morgan fingerprint density at radius 3 is 2.19 bits per heavy atom. The Kier molecular flexibility index (Phi) is 26.1. The maximum atomic E-state index is 14.2. The van der Waals surface area contributed by atoms with Crippen LogP contribution in [-0.4, -0.2) is 174 Å². The van der Waals surface area contributed by atoms with E-state index in [1.165, 1.54) is 28.4 Å². The highest BCUT2D eigenvalue weighted by atomic mass is 32.2. The number of unbranched alkanes of at least 4 members (excludes halogenated alkanes) is 2. The van der Waals surface area contributed by atoms with Crippen LogP contribution in [0.4, 0.5) is 20.5 Å². The third-order valence-corrected chi connectivity index (χ3v) is 24.1. The molecule has 0 spiro atoms. The molecule has 3 aromatic carbocycles. The molecule has 4 aliphatic carbocycles. The molecule has 4 bridgehead atoms. The molecule has 0 saturated heterocycles. The molecule has 2 aliphatic heterocycles. The average molecular weight is 1580 g/mol. The van der Waals surface area contributed by atoms with Crippen molar-refractivity contribution >= 4 is 108 Å². The maximum absolute atomic E-state index is 14.2. The lowest BCUT2D eigenvalue weighted by Gasteiger charge is -2.69. The zero-order valence-electron chi connectivity index (χ0n) is 63.8. The molecule has 7 amide bonds. The number of imide groups is 1. The zero-order chi connectivity index (χ0) is 80.5. The minimum Gasteiger partial charge on any atom is -0.481 e. The molecule has 6 aliphatic rings. The number of anilines is 2. The molecule has 4 saturated carbocycles. The molecule has 0 radical (unpaired) electrons. The number of primary amides is 1. The number of thiazole rings is 1. The number of aromatic carboxylic acids is 1. The van der Waals surface area contributed by atoms with Gasteiger partial charge >= 0.3 is 24.1 Å². The van der Waals surface area contributed by atoms with Crippen LogP contribution in [0.25, 0.3) is 21.3 Å². The van der Waals surface area contributed by atoms with Gasteiger partial charge in [0.15, 0.2) is 16.6 Å². The molecule has 6 aromatic rings. The van der Waals surface area contributed by atoms with Gasteiger partial charge in [-0.2, -0.15) is 13.5 Å². The van der Waals surface area contributed by atoms with Crippen molar-refractivity contribution in [3.05, 3.63) is 136 Å². The number of rotatable bonds is 40. The molecule has 5 atom stereocenters. The fraction of sp³-hybridized carbons (Fsp3) is 0.506. The molecular weight excluding hydrogens is 1480 g/mol. The number of benzene rings is 3. The highest BCUT2D eigenvalue weighted by Crippen LogP contribution is 2.72. The Hall–Kier alpha value is -10.1. The minimum absolute atomic E-state index is 0.0119. The number of para-hydroxylation sites is 1. The van der Waals surface area contributed by atoms with E-state index in [4.69, 9.17) is 25.3 Å². The zero-order valence-corrected chi connectivity index (χ0v) is 65.5. The Morgan fingerprint density at radius 1 is 0.777 bits per heavy atom. The van der Waals surface area contributed by atoms with E-state index in [2.05, 4.69) is 34.8 Å². The Bertz CT molecular complexity index is 4680. The number of hydrogen-bond acceptors (Lipinski definition) is 20. The van der Waals surface area contributed by atoms with Crippen molar-refractivity contribution in [2.45, 2.75) is 182 Å². The van der Waals surface area contributed by atoms with Gasteiger partial charge < -0.3 is 45.9 Å². The molecule has 3 aromatic heterocycles. The second-order valence-corrected chi connectivity index (χ2v) is 34.7. The van der Waals surface area contributed by atoms with Crippen LogP contribution in [0.2, 0.25) is 0 Å². The van der Waals surface area contributed by atoms with Crippen LogP contribution < -0.4 is 26.6 Å². The summed E-state index contributed by atoms with van der Waals surface area (Å²) in [7, 11) is -4.54. The number of nitrogens with zero attached hydrogens (tertiary/aromatic N) is 7. The highest BCUT2D eigenvalue weighted by molar-refractivity contribution is 7.85. The van der Waals surface area contributed by atoms with Crippen molar-refractivity contribution in [3.63, 3.8) is 0 Å². The summed E-state index contributed by atoms with van der Waals surface area (Å²) >= 11 is 1.39. The number of ether oxygens (including phenoxy) is 2. The van der Waals surface area contributed by atoms with Crippen LogP contribution in [0.5, 0.6) is 0 Å². The summed E-state index contributed by atoms with van der Waals surface area (Å²) in [5, 5.41) is 34.0. The smallest absolute Gasteiger partial charge is 0.410 e. The maximum Gasteiger partial charge on any atom is 0.410 e. The summed E-state index contributed by atoms with van der Waals surface area (Å²) in [5.74, 6) is -8.00. The molecule has 12 rings (SSSR count). The number of aliphatic carboxylic acids is 1. The normalized spacial score (nSPS) is 20.5. The predicted octanol–water partition coefficient (Wildman–Crippen LogP) is 10.2. The van der Waals surface area contributed by atoms with Crippen molar-refractivity contribution in [3.8, 4) is 11.1 Å².